The summed E-state index contributed by atoms with van der Waals surface area (Å²) in [5.74, 6) is 1.47. The van der Waals surface area contributed by atoms with Crippen LogP contribution in [0.5, 0.6) is 11.5 Å². The summed E-state index contributed by atoms with van der Waals surface area (Å²) in [6.07, 6.45) is 3.87. The lowest BCUT2D eigenvalue weighted by atomic mass is 10.1. The minimum atomic E-state index is 0.618. The van der Waals surface area contributed by atoms with Gasteiger partial charge in [0.15, 0.2) is 0 Å². The molecule has 0 saturated carbocycles. The molecule has 0 aliphatic rings. The molecule has 0 radical (unpaired) electrons. The summed E-state index contributed by atoms with van der Waals surface area (Å²) < 4.78 is 12.8. The van der Waals surface area contributed by atoms with Crippen molar-refractivity contribution in [1.29, 1.82) is 5.26 Å². The fourth-order valence-corrected chi connectivity index (χ4v) is 3.67. The third kappa shape index (κ3) is 4.97. The van der Waals surface area contributed by atoms with E-state index in [0.29, 0.717) is 5.56 Å². The Balaban J connectivity index is 2.09. The summed E-state index contributed by atoms with van der Waals surface area (Å²) in [7, 11) is 3.29. The van der Waals surface area contributed by atoms with E-state index < -0.39 is 0 Å². The summed E-state index contributed by atoms with van der Waals surface area (Å²) in [5.41, 5.74) is 3.26. The largest absolute Gasteiger partial charge is 0.497 e. The van der Waals surface area contributed by atoms with E-state index in [0.717, 1.165) is 52.5 Å². The van der Waals surface area contributed by atoms with Crippen LogP contribution >= 0.6 is 11.3 Å². The topological polar surface area (TPSA) is 71.9 Å². The molecule has 0 unspecified atom stereocenters. The van der Waals surface area contributed by atoms with Gasteiger partial charge in [0, 0.05) is 17.5 Å². The fourth-order valence-electron chi connectivity index (χ4n) is 2.82. The highest BCUT2D eigenvalue weighted by Gasteiger charge is 2.14. The van der Waals surface area contributed by atoms with Gasteiger partial charge in [-0.05, 0) is 42.3 Å². The van der Waals surface area contributed by atoms with Crippen molar-refractivity contribution < 1.29 is 9.47 Å². The maximum absolute atomic E-state index is 8.98. The van der Waals surface area contributed by atoms with Crippen LogP contribution in [0.15, 0.2) is 57.9 Å². The van der Waals surface area contributed by atoms with Gasteiger partial charge in [-0.25, -0.2) is 4.68 Å². The molecule has 0 spiro atoms. The number of rotatable bonds is 8. The highest BCUT2D eigenvalue weighted by Crippen LogP contribution is 2.33. The Bertz CT molecular complexity index is 1120. The molecule has 3 aromatic rings. The maximum Gasteiger partial charge on any atom is 0.206 e. The number of hydrogen-bond donors (Lipinski definition) is 0. The molecule has 0 saturated heterocycles. The second-order valence-corrected chi connectivity index (χ2v) is 7.33. The van der Waals surface area contributed by atoms with Gasteiger partial charge < -0.3 is 9.47 Å². The molecular weight excluding hydrogens is 396 g/mol. The molecule has 0 N–H and O–H groups in total. The number of benzene rings is 2. The monoisotopic (exact) mass is 420 g/mol. The van der Waals surface area contributed by atoms with Crippen molar-refractivity contribution in [3.8, 4) is 28.8 Å². The lowest BCUT2D eigenvalue weighted by molar-refractivity contribution is 0.404. The first kappa shape index (κ1) is 21.3. The van der Waals surface area contributed by atoms with E-state index in [4.69, 9.17) is 24.8 Å². The molecule has 0 fully saturated rings. The van der Waals surface area contributed by atoms with Crippen molar-refractivity contribution in [1.82, 2.24) is 4.68 Å². The molecule has 154 valence electrons. The number of unbranched alkanes of at least 4 members (excludes halogenated alkanes) is 1. The normalized spacial score (nSPS) is 11.6. The van der Waals surface area contributed by atoms with E-state index >= 15 is 0 Å². The first-order valence-corrected chi connectivity index (χ1v) is 10.6. The lowest BCUT2D eigenvalue weighted by Gasteiger charge is -2.11. The molecule has 1 heterocycles. The number of aromatic nitrogens is 1. The Hall–Kier alpha value is -3.37. The highest BCUT2D eigenvalue weighted by atomic mass is 32.1. The van der Waals surface area contributed by atoms with Crippen LogP contribution in [-0.2, 0) is 0 Å². The SMILES string of the molecule is CCCCN=c1scc(-c2cc(OC)ccc2OC)n1/N=C/c1ccc(C#N)cc1. The van der Waals surface area contributed by atoms with Gasteiger partial charge in [-0.1, -0.05) is 25.5 Å². The molecular formula is C23H24N4O2S. The van der Waals surface area contributed by atoms with E-state index in [-0.39, 0.29) is 0 Å². The third-order valence-corrected chi connectivity index (χ3v) is 5.34. The quantitative estimate of drug-likeness (QED) is 0.392. The molecule has 2 aromatic carbocycles. The molecule has 1 aromatic heterocycles. The van der Waals surface area contributed by atoms with Crippen molar-refractivity contribution in [2.24, 2.45) is 10.1 Å². The minimum Gasteiger partial charge on any atom is -0.497 e. The van der Waals surface area contributed by atoms with Crippen LogP contribution in [0.1, 0.15) is 30.9 Å². The standard InChI is InChI=1S/C23H24N4O2S/c1-4-5-12-25-23-27(26-15-18-8-6-17(14-24)7-9-18)21(16-30-23)20-13-19(28-2)10-11-22(20)29-3/h6-11,13,15-16H,4-5,12H2,1-3H3/b25-23?,26-15+. The Kier molecular flexibility index (Phi) is 7.41. The first-order chi connectivity index (χ1) is 14.7. The zero-order valence-electron chi connectivity index (χ0n) is 17.3. The van der Waals surface area contributed by atoms with Crippen LogP contribution in [0.3, 0.4) is 0 Å². The van der Waals surface area contributed by atoms with Crippen molar-refractivity contribution in [2.45, 2.75) is 19.8 Å². The smallest absolute Gasteiger partial charge is 0.206 e. The van der Waals surface area contributed by atoms with Gasteiger partial charge in [-0.3, -0.25) is 4.99 Å². The van der Waals surface area contributed by atoms with E-state index in [9.17, 15) is 0 Å². The average molecular weight is 421 g/mol. The fraction of sp³-hybridized carbons (Fsp3) is 0.261. The van der Waals surface area contributed by atoms with Gasteiger partial charge in [-0.15, -0.1) is 11.3 Å². The summed E-state index contributed by atoms with van der Waals surface area (Å²) >= 11 is 1.54. The molecule has 7 heteroatoms. The first-order valence-electron chi connectivity index (χ1n) is 9.68. The number of nitrogens with zero attached hydrogens (tertiary/aromatic N) is 4. The number of thiazole rings is 1. The zero-order valence-corrected chi connectivity index (χ0v) is 18.1. The summed E-state index contributed by atoms with van der Waals surface area (Å²) in [4.78, 5) is 5.55. The second kappa shape index (κ2) is 10.4. The molecule has 0 aliphatic heterocycles. The minimum absolute atomic E-state index is 0.618. The van der Waals surface area contributed by atoms with Gasteiger partial charge in [0.05, 0.1) is 37.8 Å². The van der Waals surface area contributed by atoms with Crippen molar-refractivity contribution in [3.63, 3.8) is 0 Å². The van der Waals surface area contributed by atoms with E-state index in [1.165, 1.54) is 11.3 Å². The van der Waals surface area contributed by atoms with Crippen LogP contribution in [0.2, 0.25) is 0 Å². The third-order valence-electron chi connectivity index (χ3n) is 4.49. The Labute approximate surface area is 180 Å². The highest BCUT2D eigenvalue weighted by molar-refractivity contribution is 7.07. The van der Waals surface area contributed by atoms with E-state index in [1.54, 1.807) is 32.6 Å². The molecule has 30 heavy (non-hydrogen) atoms. The Morgan fingerprint density at radius 2 is 1.93 bits per heavy atom. The van der Waals surface area contributed by atoms with Crippen LogP contribution in [-0.4, -0.2) is 31.7 Å². The number of methoxy groups -OCH3 is 2. The van der Waals surface area contributed by atoms with E-state index in [1.807, 2.05) is 40.4 Å². The van der Waals surface area contributed by atoms with Gasteiger partial charge in [0.25, 0.3) is 0 Å². The molecule has 0 aliphatic carbocycles. The van der Waals surface area contributed by atoms with Crippen LogP contribution < -0.4 is 14.3 Å². The van der Waals surface area contributed by atoms with Crippen molar-refractivity contribution in [2.75, 3.05) is 20.8 Å². The molecule has 3 rings (SSSR count). The molecule has 0 amide bonds. The predicted octanol–water partition coefficient (Wildman–Crippen LogP) is 4.69. The Morgan fingerprint density at radius 3 is 2.60 bits per heavy atom. The molecule has 0 bridgehead atoms. The second-order valence-electron chi connectivity index (χ2n) is 6.50. The predicted molar refractivity (Wildman–Crippen MR) is 120 cm³/mol. The average Bonchev–Trinajstić information content (AvgIpc) is 3.20. The van der Waals surface area contributed by atoms with Crippen LogP contribution in [0.4, 0.5) is 0 Å². The Morgan fingerprint density at radius 1 is 1.13 bits per heavy atom. The maximum atomic E-state index is 8.98. The number of nitriles is 1. The number of hydrogen-bond acceptors (Lipinski definition) is 6. The summed E-state index contributed by atoms with van der Waals surface area (Å²) in [6.45, 7) is 2.89. The van der Waals surface area contributed by atoms with Gasteiger partial charge in [0.1, 0.15) is 11.5 Å². The van der Waals surface area contributed by atoms with Crippen molar-refractivity contribution in [3.05, 3.63) is 63.8 Å². The van der Waals surface area contributed by atoms with Gasteiger partial charge in [-0.2, -0.15) is 10.4 Å². The van der Waals surface area contributed by atoms with Crippen LogP contribution in [0.25, 0.3) is 11.3 Å². The van der Waals surface area contributed by atoms with Crippen molar-refractivity contribution >= 4 is 17.6 Å². The summed E-state index contributed by atoms with van der Waals surface area (Å²) in [5, 5.41) is 15.7. The van der Waals surface area contributed by atoms with Gasteiger partial charge in [0.2, 0.25) is 4.80 Å². The number of ether oxygens (including phenoxy) is 2. The van der Waals surface area contributed by atoms with Gasteiger partial charge >= 0.3 is 0 Å². The van der Waals surface area contributed by atoms with Crippen LogP contribution in [0, 0.1) is 11.3 Å². The zero-order chi connectivity index (χ0) is 21.3. The molecule has 6 nitrogen and oxygen atoms in total. The molecule has 0 atom stereocenters. The van der Waals surface area contributed by atoms with E-state index in [2.05, 4.69) is 13.0 Å². The lowest BCUT2D eigenvalue weighted by Crippen LogP contribution is -2.13. The summed E-state index contributed by atoms with van der Waals surface area (Å²) in [6, 6.07) is 15.1.